The number of carbonyl (C=O) groups excluding carboxylic acids is 1. The highest BCUT2D eigenvalue weighted by atomic mass is 35.5. The van der Waals surface area contributed by atoms with E-state index in [1.807, 2.05) is 42.5 Å². The maximum atomic E-state index is 12.4. The molecule has 0 aliphatic heterocycles. The summed E-state index contributed by atoms with van der Waals surface area (Å²) in [5.74, 6) is 0.840. The van der Waals surface area contributed by atoms with Crippen molar-refractivity contribution in [2.24, 2.45) is 0 Å². The maximum Gasteiger partial charge on any atom is 0.319 e. The molecule has 30 heavy (non-hydrogen) atoms. The molecule has 150 valence electrons. The highest BCUT2D eigenvalue weighted by molar-refractivity contribution is 6.31. The summed E-state index contributed by atoms with van der Waals surface area (Å²) in [4.78, 5) is 21.1. The smallest absolute Gasteiger partial charge is 0.319 e. The lowest BCUT2D eigenvalue weighted by molar-refractivity contribution is 0.233. The van der Waals surface area contributed by atoms with Crippen LogP contribution in [-0.4, -0.2) is 22.0 Å². The fourth-order valence-corrected chi connectivity index (χ4v) is 4.04. The molecule has 4 aromatic rings. The SMILES string of the molecule is O=C(Nc1ccc2nc(-c3ccccn3)oc2c1)NC1CC(c2ccccc2Cl)C1. The van der Waals surface area contributed by atoms with Crippen LogP contribution in [0.5, 0.6) is 0 Å². The van der Waals surface area contributed by atoms with E-state index in [9.17, 15) is 4.79 Å². The molecule has 0 unspecified atom stereocenters. The lowest BCUT2D eigenvalue weighted by Gasteiger charge is -2.36. The predicted octanol–water partition coefficient (Wildman–Crippen LogP) is 5.61. The molecule has 0 saturated heterocycles. The maximum absolute atomic E-state index is 12.4. The quantitative estimate of drug-likeness (QED) is 0.451. The second kappa shape index (κ2) is 7.80. The van der Waals surface area contributed by atoms with Crippen LogP contribution in [0.4, 0.5) is 10.5 Å². The van der Waals surface area contributed by atoms with Gasteiger partial charge < -0.3 is 15.1 Å². The number of oxazole rings is 1. The molecule has 2 amide bonds. The molecule has 0 spiro atoms. The van der Waals surface area contributed by atoms with Gasteiger partial charge in [-0.15, -0.1) is 0 Å². The van der Waals surface area contributed by atoms with E-state index in [0.717, 1.165) is 23.4 Å². The van der Waals surface area contributed by atoms with Gasteiger partial charge in [-0.3, -0.25) is 4.98 Å². The minimum absolute atomic E-state index is 0.135. The normalized spacial score (nSPS) is 18.0. The van der Waals surface area contributed by atoms with Gasteiger partial charge in [0.15, 0.2) is 5.58 Å². The molecule has 5 rings (SSSR count). The van der Waals surface area contributed by atoms with Crippen molar-refractivity contribution >= 4 is 34.4 Å². The molecule has 1 saturated carbocycles. The zero-order valence-electron chi connectivity index (χ0n) is 16.0. The largest absolute Gasteiger partial charge is 0.435 e. The van der Waals surface area contributed by atoms with E-state index in [-0.39, 0.29) is 12.1 Å². The number of rotatable bonds is 4. The van der Waals surface area contributed by atoms with Crippen LogP contribution in [0, 0.1) is 0 Å². The van der Waals surface area contributed by atoms with Gasteiger partial charge in [0, 0.05) is 29.0 Å². The van der Waals surface area contributed by atoms with Gasteiger partial charge >= 0.3 is 6.03 Å². The molecule has 1 aliphatic carbocycles. The molecular formula is C23H19ClN4O2. The summed E-state index contributed by atoms with van der Waals surface area (Å²) in [6, 6.07) is 18.7. The average Bonchev–Trinajstić information content (AvgIpc) is 3.15. The minimum atomic E-state index is -0.235. The molecule has 6 nitrogen and oxygen atoms in total. The Morgan fingerprint density at radius 3 is 2.70 bits per heavy atom. The molecule has 2 N–H and O–H groups in total. The van der Waals surface area contributed by atoms with Gasteiger partial charge in [-0.2, -0.15) is 0 Å². The van der Waals surface area contributed by atoms with Gasteiger partial charge in [0.2, 0.25) is 5.89 Å². The van der Waals surface area contributed by atoms with Crippen molar-refractivity contribution in [1.29, 1.82) is 0 Å². The number of pyridine rings is 1. The molecule has 2 aromatic carbocycles. The summed E-state index contributed by atoms with van der Waals surface area (Å²) in [6.07, 6.45) is 3.45. The van der Waals surface area contributed by atoms with E-state index < -0.39 is 0 Å². The Balaban J connectivity index is 1.21. The number of carbonyl (C=O) groups is 1. The minimum Gasteiger partial charge on any atom is -0.435 e. The highest BCUT2D eigenvalue weighted by Gasteiger charge is 2.32. The molecule has 0 atom stereocenters. The van der Waals surface area contributed by atoms with E-state index in [0.29, 0.717) is 34.3 Å². The first-order valence-corrected chi connectivity index (χ1v) is 10.2. The Morgan fingerprint density at radius 1 is 1.07 bits per heavy atom. The van der Waals surface area contributed by atoms with E-state index in [4.69, 9.17) is 16.0 Å². The first-order chi connectivity index (χ1) is 14.7. The highest BCUT2D eigenvalue weighted by Crippen LogP contribution is 2.39. The van der Waals surface area contributed by atoms with Crippen molar-refractivity contribution in [2.45, 2.75) is 24.8 Å². The molecular weight excluding hydrogens is 400 g/mol. The van der Waals surface area contributed by atoms with Crippen LogP contribution in [-0.2, 0) is 0 Å². The van der Waals surface area contributed by atoms with Gasteiger partial charge in [0.25, 0.3) is 0 Å². The summed E-state index contributed by atoms with van der Waals surface area (Å²) in [6.45, 7) is 0. The summed E-state index contributed by atoms with van der Waals surface area (Å²) < 4.78 is 5.81. The van der Waals surface area contributed by atoms with E-state index in [1.165, 1.54) is 0 Å². The van der Waals surface area contributed by atoms with Crippen LogP contribution in [0.3, 0.4) is 0 Å². The third kappa shape index (κ3) is 3.74. The van der Waals surface area contributed by atoms with Gasteiger partial charge in [-0.05, 0) is 54.7 Å². The molecule has 0 bridgehead atoms. The second-order valence-electron chi connectivity index (χ2n) is 7.40. The van der Waals surface area contributed by atoms with Gasteiger partial charge in [0.05, 0.1) is 0 Å². The van der Waals surface area contributed by atoms with E-state index in [1.54, 1.807) is 18.3 Å². The number of fused-ring (bicyclic) bond motifs is 1. The van der Waals surface area contributed by atoms with Crippen molar-refractivity contribution in [2.75, 3.05) is 5.32 Å². The van der Waals surface area contributed by atoms with E-state index in [2.05, 4.69) is 26.7 Å². The van der Waals surface area contributed by atoms with Crippen LogP contribution < -0.4 is 10.6 Å². The molecule has 7 heteroatoms. The van der Waals surface area contributed by atoms with Crippen LogP contribution in [0.1, 0.15) is 24.3 Å². The lowest BCUT2D eigenvalue weighted by Crippen LogP contribution is -2.45. The number of hydrogen-bond acceptors (Lipinski definition) is 4. The molecule has 0 radical (unpaired) electrons. The first-order valence-electron chi connectivity index (χ1n) is 9.79. The van der Waals surface area contributed by atoms with Crippen molar-refractivity contribution in [3.05, 3.63) is 77.4 Å². The third-order valence-electron chi connectivity index (χ3n) is 5.35. The molecule has 1 fully saturated rings. The van der Waals surface area contributed by atoms with Crippen LogP contribution >= 0.6 is 11.6 Å². The van der Waals surface area contributed by atoms with Crippen LogP contribution in [0.15, 0.2) is 71.3 Å². The van der Waals surface area contributed by atoms with Crippen molar-refractivity contribution in [3.63, 3.8) is 0 Å². The Labute approximate surface area is 178 Å². The van der Waals surface area contributed by atoms with Crippen molar-refractivity contribution < 1.29 is 9.21 Å². The summed E-state index contributed by atoms with van der Waals surface area (Å²) in [5.41, 5.74) is 3.76. The number of halogens is 1. The summed E-state index contributed by atoms with van der Waals surface area (Å²) >= 11 is 6.26. The first kappa shape index (κ1) is 18.6. The van der Waals surface area contributed by atoms with Crippen molar-refractivity contribution in [3.8, 4) is 11.6 Å². The average molecular weight is 419 g/mol. The van der Waals surface area contributed by atoms with Gasteiger partial charge in [-0.1, -0.05) is 35.9 Å². The van der Waals surface area contributed by atoms with Gasteiger partial charge in [-0.25, -0.2) is 9.78 Å². The zero-order chi connectivity index (χ0) is 20.5. The number of hydrogen-bond donors (Lipinski definition) is 2. The monoisotopic (exact) mass is 418 g/mol. The Hall–Kier alpha value is -3.38. The van der Waals surface area contributed by atoms with Crippen LogP contribution in [0.25, 0.3) is 22.7 Å². The Bertz CT molecular complexity index is 1200. The number of urea groups is 1. The number of nitrogens with one attached hydrogen (secondary N) is 2. The number of aromatic nitrogens is 2. The standard InChI is InChI=1S/C23H19ClN4O2/c24-18-6-2-1-5-17(18)14-11-16(12-14)27-23(29)26-15-8-9-19-21(13-15)30-22(28-19)20-7-3-4-10-25-20/h1-10,13-14,16H,11-12H2,(H2,26,27,29). The predicted molar refractivity (Wildman–Crippen MR) is 117 cm³/mol. The Morgan fingerprint density at radius 2 is 1.90 bits per heavy atom. The molecule has 2 aromatic heterocycles. The zero-order valence-corrected chi connectivity index (χ0v) is 16.8. The number of amides is 2. The van der Waals surface area contributed by atoms with E-state index >= 15 is 0 Å². The lowest BCUT2D eigenvalue weighted by atomic mass is 9.76. The van der Waals surface area contributed by atoms with Crippen LogP contribution in [0.2, 0.25) is 5.02 Å². The second-order valence-corrected chi connectivity index (χ2v) is 7.81. The summed E-state index contributed by atoms with van der Waals surface area (Å²) in [5, 5.41) is 6.67. The topological polar surface area (TPSA) is 80.1 Å². The molecule has 1 aliphatic rings. The van der Waals surface area contributed by atoms with Crippen molar-refractivity contribution in [1.82, 2.24) is 15.3 Å². The summed E-state index contributed by atoms with van der Waals surface area (Å²) in [7, 11) is 0. The Kier molecular flexibility index (Phi) is 4.85. The fraction of sp³-hybridized carbons (Fsp3) is 0.174. The number of benzene rings is 2. The van der Waals surface area contributed by atoms with Gasteiger partial charge in [0.1, 0.15) is 11.2 Å². The third-order valence-corrected chi connectivity index (χ3v) is 5.69. The number of anilines is 1. The fourth-order valence-electron chi connectivity index (χ4n) is 3.75. The number of nitrogens with zero attached hydrogens (tertiary/aromatic N) is 2. The molecule has 2 heterocycles.